The van der Waals surface area contributed by atoms with Gasteiger partial charge in [-0.1, -0.05) is 12.1 Å². The van der Waals surface area contributed by atoms with Gasteiger partial charge in [0.05, 0.1) is 12.2 Å². The largest absolute Gasteiger partial charge is 0.478 e. The first-order chi connectivity index (χ1) is 9.45. The van der Waals surface area contributed by atoms with Gasteiger partial charge in [0, 0.05) is 31.3 Å². The van der Waals surface area contributed by atoms with Gasteiger partial charge in [0.2, 0.25) is 0 Å². The number of benzene rings is 1. The molecule has 2 atom stereocenters. The van der Waals surface area contributed by atoms with Gasteiger partial charge in [-0.3, -0.25) is 4.90 Å². The van der Waals surface area contributed by atoms with Gasteiger partial charge in [-0.05, 0) is 17.7 Å². The molecular formula is C14H16FNO4. The quantitative estimate of drug-likeness (QED) is 0.699. The topological polar surface area (TPSA) is 81.0 Å². The Labute approximate surface area is 115 Å². The average molecular weight is 281 g/mol. The van der Waals surface area contributed by atoms with E-state index >= 15 is 0 Å². The van der Waals surface area contributed by atoms with Crippen LogP contribution in [0.25, 0.3) is 6.08 Å². The van der Waals surface area contributed by atoms with Crippen LogP contribution in [0.4, 0.5) is 4.39 Å². The van der Waals surface area contributed by atoms with Crippen molar-refractivity contribution >= 4 is 12.0 Å². The van der Waals surface area contributed by atoms with Crippen LogP contribution in [-0.4, -0.2) is 51.5 Å². The normalized spacial score (nSPS) is 23.6. The Bertz CT molecular complexity index is 522. The number of aliphatic hydroxyl groups is 2. The molecule has 2 rings (SSSR count). The number of carbonyl (C=O) groups is 1. The number of hydrogen-bond acceptors (Lipinski definition) is 4. The second kappa shape index (κ2) is 6.13. The van der Waals surface area contributed by atoms with Crippen molar-refractivity contribution in [1.29, 1.82) is 0 Å². The minimum Gasteiger partial charge on any atom is -0.478 e. The fourth-order valence-corrected chi connectivity index (χ4v) is 2.18. The van der Waals surface area contributed by atoms with Crippen LogP contribution in [0.1, 0.15) is 11.1 Å². The standard InChI is InChI=1S/C14H16FNO4/c15-11-5-9(2-4-14(19)20)1-3-10(11)6-16-7-12(17)13(18)8-16/h1-5,12-13,17-18H,6-8H2,(H,19,20)/b4-2+. The van der Waals surface area contributed by atoms with Crippen molar-refractivity contribution in [3.8, 4) is 0 Å². The zero-order chi connectivity index (χ0) is 14.7. The maximum Gasteiger partial charge on any atom is 0.328 e. The number of carboxylic acid groups (broad SMARTS) is 1. The molecule has 0 bridgehead atoms. The third kappa shape index (κ3) is 3.63. The summed E-state index contributed by atoms with van der Waals surface area (Å²) >= 11 is 0. The summed E-state index contributed by atoms with van der Waals surface area (Å²) < 4.78 is 13.9. The van der Waals surface area contributed by atoms with E-state index in [1.54, 1.807) is 17.0 Å². The minimum atomic E-state index is -1.09. The third-order valence-corrected chi connectivity index (χ3v) is 3.22. The first kappa shape index (κ1) is 14.6. The van der Waals surface area contributed by atoms with Crippen LogP contribution in [-0.2, 0) is 11.3 Å². The van der Waals surface area contributed by atoms with Gasteiger partial charge in [-0.15, -0.1) is 0 Å². The van der Waals surface area contributed by atoms with E-state index in [2.05, 4.69) is 0 Å². The molecule has 1 heterocycles. The molecule has 3 N–H and O–H groups in total. The molecule has 1 aliphatic heterocycles. The fourth-order valence-electron chi connectivity index (χ4n) is 2.18. The number of rotatable bonds is 4. The van der Waals surface area contributed by atoms with Gasteiger partial charge < -0.3 is 15.3 Å². The van der Waals surface area contributed by atoms with E-state index < -0.39 is 24.0 Å². The Morgan fingerprint density at radius 1 is 1.35 bits per heavy atom. The molecule has 5 nitrogen and oxygen atoms in total. The van der Waals surface area contributed by atoms with Crippen molar-refractivity contribution in [3.05, 3.63) is 41.2 Å². The highest BCUT2D eigenvalue weighted by Gasteiger charge is 2.29. The molecule has 0 aliphatic carbocycles. The number of aliphatic carboxylic acids is 1. The van der Waals surface area contributed by atoms with E-state index in [9.17, 15) is 19.4 Å². The molecule has 0 aromatic heterocycles. The molecule has 1 aromatic carbocycles. The molecule has 108 valence electrons. The number of likely N-dealkylation sites (tertiary alicyclic amines) is 1. The van der Waals surface area contributed by atoms with Crippen LogP contribution in [0, 0.1) is 5.82 Å². The summed E-state index contributed by atoms with van der Waals surface area (Å²) in [4.78, 5) is 12.1. The number of nitrogens with zero attached hydrogens (tertiary/aromatic N) is 1. The molecule has 0 amide bonds. The van der Waals surface area contributed by atoms with Crippen molar-refractivity contribution in [3.63, 3.8) is 0 Å². The molecule has 1 fully saturated rings. The highest BCUT2D eigenvalue weighted by Crippen LogP contribution is 2.18. The maximum atomic E-state index is 13.9. The summed E-state index contributed by atoms with van der Waals surface area (Å²) in [6.45, 7) is 0.908. The van der Waals surface area contributed by atoms with E-state index in [4.69, 9.17) is 5.11 Å². The number of hydrogen-bond donors (Lipinski definition) is 3. The summed E-state index contributed by atoms with van der Waals surface area (Å²) in [6.07, 6.45) is 0.673. The summed E-state index contributed by atoms with van der Waals surface area (Å²) in [7, 11) is 0. The molecule has 20 heavy (non-hydrogen) atoms. The Kier molecular flexibility index (Phi) is 4.49. The first-order valence-corrected chi connectivity index (χ1v) is 6.23. The van der Waals surface area contributed by atoms with Crippen LogP contribution in [0.2, 0.25) is 0 Å². The Morgan fingerprint density at radius 2 is 2.00 bits per heavy atom. The van der Waals surface area contributed by atoms with E-state index in [1.807, 2.05) is 0 Å². The van der Waals surface area contributed by atoms with Crippen molar-refractivity contribution in [1.82, 2.24) is 4.90 Å². The van der Waals surface area contributed by atoms with Crippen LogP contribution in [0.5, 0.6) is 0 Å². The fraction of sp³-hybridized carbons (Fsp3) is 0.357. The Hall–Kier alpha value is -1.76. The third-order valence-electron chi connectivity index (χ3n) is 3.22. The molecule has 6 heteroatoms. The van der Waals surface area contributed by atoms with Crippen LogP contribution >= 0.6 is 0 Å². The average Bonchev–Trinajstić information content (AvgIpc) is 2.69. The van der Waals surface area contributed by atoms with Gasteiger partial charge in [-0.2, -0.15) is 0 Å². The van der Waals surface area contributed by atoms with Gasteiger partial charge in [-0.25, -0.2) is 9.18 Å². The zero-order valence-electron chi connectivity index (χ0n) is 10.7. The molecule has 0 spiro atoms. The SMILES string of the molecule is O=C(O)/C=C/c1ccc(CN2CC(O)C(O)C2)c(F)c1. The molecule has 0 radical (unpaired) electrons. The molecule has 1 aromatic rings. The van der Waals surface area contributed by atoms with Gasteiger partial charge in [0.1, 0.15) is 5.82 Å². The lowest BCUT2D eigenvalue weighted by molar-refractivity contribution is -0.131. The Balaban J connectivity index is 2.05. The lowest BCUT2D eigenvalue weighted by Gasteiger charge is -2.15. The van der Waals surface area contributed by atoms with Crippen molar-refractivity contribution in [2.24, 2.45) is 0 Å². The van der Waals surface area contributed by atoms with E-state index in [0.29, 0.717) is 30.8 Å². The number of β-amino-alcohol motifs (C(OH)–C–C–N with tert-alkyl or cyclic N) is 2. The molecule has 1 saturated heterocycles. The predicted octanol–water partition coefficient (Wildman–Crippen LogP) is 0.461. The second-order valence-corrected chi connectivity index (χ2v) is 4.85. The van der Waals surface area contributed by atoms with Crippen LogP contribution < -0.4 is 0 Å². The minimum absolute atomic E-state index is 0.295. The summed E-state index contributed by atoms with van der Waals surface area (Å²) in [5, 5.41) is 27.4. The van der Waals surface area contributed by atoms with Gasteiger partial charge in [0.15, 0.2) is 0 Å². The number of aliphatic hydroxyl groups excluding tert-OH is 2. The zero-order valence-corrected chi connectivity index (χ0v) is 10.7. The second-order valence-electron chi connectivity index (χ2n) is 4.85. The molecular weight excluding hydrogens is 265 g/mol. The van der Waals surface area contributed by atoms with Gasteiger partial charge >= 0.3 is 5.97 Å². The summed E-state index contributed by atoms with van der Waals surface area (Å²) in [5.74, 6) is -1.53. The van der Waals surface area contributed by atoms with Crippen molar-refractivity contribution in [2.75, 3.05) is 13.1 Å². The molecule has 1 aliphatic rings. The highest BCUT2D eigenvalue weighted by molar-refractivity contribution is 5.85. The maximum absolute atomic E-state index is 13.9. The number of carboxylic acids is 1. The van der Waals surface area contributed by atoms with E-state index in [0.717, 1.165) is 6.08 Å². The van der Waals surface area contributed by atoms with Gasteiger partial charge in [0.25, 0.3) is 0 Å². The van der Waals surface area contributed by atoms with Crippen molar-refractivity contribution in [2.45, 2.75) is 18.8 Å². The monoisotopic (exact) mass is 281 g/mol. The summed E-state index contributed by atoms with van der Waals surface area (Å²) in [5.41, 5.74) is 0.911. The number of halogens is 1. The van der Waals surface area contributed by atoms with Crippen LogP contribution in [0.3, 0.4) is 0 Å². The van der Waals surface area contributed by atoms with Crippen molar-refractivity contribution < 1.29 is 24.5 Å². The smallest absolute Gasteiger partial charge is 0.328 e. The van der Waals surface area contributed by atoms with Crippen LogP contribution in [0.15, 0.2) is 24.3 Å². The highest BCUT2D eigenvalue weighted by atomic mass is 19.1. The lowest BCUT2D eigenvalue weighted by atomic mass is 10.1. The molecule has 0 saturated carbocycles. The Morgan fingerprint density at radius 3 is 2.55 bits per heavy atom. The van der Waals surface area contributed by atoms with E-state index in [-0.39, 0.29) is 0 Å². The predicted molar refractivity (Wildman–Crippen MR) is 70.4 cm³/mol. The van der Waals surface area contributed by atoms with E-state index in [1.165, 1.54) is 12.1 Å². The molecule has 2 unspecified atom stereocenters. The first-order valence-electron chi connectivity index (χ1n) is 6.23. The lowest BCUT2D eigenvalue weighted by Crippen LogP contribution is -2.22. The summed E-state index contributed by atoms with van der Waals surface area (Å²) in [6, 6.07) is 4.46.